The van der Waals surface area contributed by atoms with Crippen molar-refractivity contribution in [2.75, 3.05) is 6.54 Å². The predicted molar refractivity (Wildman–Crippen MR) is 63.6 cm³/mol. The van der Waals surface area contributed by atoms with Crippen LogP contribution in [-0.2, 0) is 0 Å². The van der Waals surface area contributed by atoms with Gasteiger partial charge in [0.15, 0.2) is 0 Å². The van der Waals surface area contributed by atoms with Gasteiger partial charge in [0.1, 0.15) is 0 Å². The van der Waals surface area contributed by atoms with Gasteiger partial charge in [-0.2, -0.15) is 0 Å². The zero-order valence-electron chi connectivity index (χ0n) is 10.2. The first-order valence-corrected chi connectivity index (χ1v) is 6.37. The summed E-state index contributed by atoms with van der Waals surface area (Å²) in [6.45, 7) is 8.31. The number of nitrogens with one attached hydrogen (secondary N) is 1. The van der Waals surface area contributed by atoms with Crippen molar-refractivity contribution in [2.45, 2.75) is 71.8 Å². The second-order valence-electron chi connectivity index (χ2n) is 5.60. The molecule has 1 heteroatoms. The molecule has 0 aromatic heterocycles. The molecule has 0 bridgehead atoms. The summed E-state index contributed by atoms with van der Waals surface area (Å²) in [5.41, 5.74) is 0.613. The fraction of sp³-hybridized carbons (Fsp3) is 1.00. The standard InChI is InChI=1S/C13H27N/c1-4-5-6-11-14-12-7-9-13(2,3)10-8-12/h12,14H,4-11H2,1-3H3. The van der Waals surface area contributed by atoms with E-state index in [1.807, 2.05) is 0 Å². The summed E-state index contributed by atoms with van der Waals surface area (Å²) in [5, 5.41) is 3.69. The molecule has 1 nitrogen and oxygen atoms in total. The van der Waals surface area contributed by atoms with Crippen molar-refractivity contribution in [3.05, 3.63) is 0 Å². The lowest BCUT2D eigenvalue weighted by molar-refractivity contribution is 0.206. The van der Waals surface area contributed by atoms with Crippen LogP contribution in [0.3, 0.4) is 0 Å². The molecular weight excluding hydrogens is 170 g/mol. The summed E-state index contributed by atoms with van der Waals surface area (Å²) >= 11 is 0. The first-order valence-electron chi connectivity index (χ1n) is 6.37. The van der Waals surface area contributed by atoms with Gasteiger partial charge in [-0.15, -0.1) is 0 Å². The summed E-state index contributed by atoms with van der Waals surface area (Å²) in [5.74, 6) is 0. The molecule has 0 unspecified atom stereocenters. The van der Waals surface area contributed by atoms with Crippen LogP contribution in [0.15, 0.2) is 0 Å². The van der Waals surface area contributed by atoms with Crippen molar-refractivity contribution in [2.24, 2.45) is 5.41 Å². The molecule has 0 aliphatic heterocycles. The molecule has 1 fully saturated rings. The van der Waals surface area contributed by atoms with Crippen LogP contribution in [0.2, 0.25) is 0 Å². The van der Waals surface area contributed by atoms with Crippen LogP contribution in [0.1, 0.15) is 65.7 Å². The topological polar surface area (TPSA) is 12.0 Å². The van der Waals surface area contributed by atoms with Gasteiger partial charge in [0.05, 0.1) is 0 Å². The highest BCUT2D eigenvalue weighted by Crippen LogP contribution is 2.34. The molecule has 0 heterocycles. The van der Waals surface area contributed by atoms with Crippen LogP contribution in [0.25, 0.3) is 0 Å². The van der Waals surface area contributed by atoms with Gasteiger partial charge in [-0.1, -0.05) is 33.6 Å². The largest absolute Gasteiger partial charge is 0.314 e. The molecule has 0 spiro atoms. The number of unbranched alkanes of at least 4 members (excludes halogenated alkanes) is 2. The SMILES string of the molecule is CCCCCNC1CCC(C)(C)CC1. The summed E-state index contributed by atoms with van der Waals surface area (Å²) < 4.78 is 0. The Morgan fingerprint density at radius 3 is 2.36 bits per heavy atom. The minimum atomic E-state index is 0.613. The Kier molecular flexibility index (Phi) is 4.94. The molecular formula is C13H27N. The molecule has 0 radical (unpaired) electrons. The van der Waals surface area contributed by atoms with Gasteiger partial charge >= 0.3 is 0 Å². The summed E-state index contributed by atoms with van der Waals surface area (Å²) in [6, 6.07) is 0.819. The van der Waals surface area contributed by atoms with Crippen LogP contribution in [0.5, 0.6) is 0 Å². The van der Waals surface area contributed by atoms with Gasteiger partial charge in [-0.25, -0.2) is 0 Å². The van der Waals surface area contributed by atoms with E-state index in [-0.39, 0.29) is 0 Å². The molecule has 14 heavy (non-hydrogen) atoms. The van der Waals surface area contributed by atoms with E-state index >= 15 is 0 Å². The van der Waals surface area contributed by atoms with Gasteiger partial charge in [0.2, 0.25) is 0 Å². The van der Waals surface area contributed by atoms with E-state index in [0.717, 1.165) is 6.04 Å². The van der Waals surface area contributed by atoms with Crippen LogP contribution in [0, 0.1) is 5.41 Å². The summed E-state index contributed by atoms with van der Waals surface area (Å²) in [4.78, 5) is 0. The quantitative estimate of drug-likeness (QED) is 0.662. The lowest BCUT2D eigenvalue weighted by atomic mass is 9.75. The monoisotopic (exact) mass is 197 g/mol. The molecule has 1 N–H and O–H groups in total. The third kappa shape index (κ3) is 4.45. The molecule has 1 aliphatic rings. The van der Waals surface area contributed by atoms with Gasteiger partial charge in [0.25, 0.3) is 0 Å². The number of hydrogen-bond donors (Lipinski definition) is 1. The lowest BCUT2D eigenvalue weighted by Crippen LogP contribution is -2.36. The maximum Gasteiger partial charge on any atom is 0.00674 e. The smallest absolute Gasteiger partial charge is 0.00674 e. The van der Waals surface area contributed by atoms with Crippen LogP contribution in [0.4, 0.5) is 0 Å². The van der Waals surface area contributed by atoms with Gasteiger partial charge in [-0.3, -0.25) is 0 Å². The first kappa shape index (κ1) is 12.0. The van der Waals surface area contributed by atoms with Gasteiger partial charge < -0.3 is 5.32 Å². The normalized spacial score (nSPS) is 22.5. The Morgan fingerprint density at radius 2 is 1.79 bits per heavy atom. The fourth-order valence-electron chi connectivity index (χ4n) is 2.28. The van der Waals surface area contributed by atoms with E-state index in [1.165, 1.54) is 51.5 Å². The predicted octanol–water partition coefficient (Wildman–Crippen LogP) is 3.74. The molecule has 0 saturated heterocycles. The highest BCUT2D eigenvalue weighted by Gasteiger charge is 2.25. The molecule has 1 rings (SSSR count). The Labute approximate surface area is 89.7 Å². The Bertz CT molecular complexity index is 141. The molecule has 0 amide bonds. The Balaban J connectivity index is 2.04. The fourth-order valence-corrected chi connectivity index (χ4v) is 2.28. The highest BCUT2D eigenvalue weighted by molar-refractivity contribution is 4.81. The van der Waals surface area contributed by atoms with E-state index in [0.29, 0.717) is 5.41 Å². The van der Waals surface area contributed by atoms with Crippen molar-refractivity contribution in [1.82, 2.24) is 5.32 Å². The van der Waals surface area contributed by atoms with E-state index in [9.17, 15) is 0 Å². The van der Waals surface area contributed by atoms with Crippen LogP contribution in [-0.4, -0.2) is 12.6 Å². The zero-order chi connectivity index (χ0) is 10.4. The lowest BCUT2D eigenvalue weighted by Gasteiger charge is -2.34. The molecule has 0 aromatic carbocycles. The van der Waals surface area contributed by atoms with Crippen molar-refractivity contribution in [3.8, 4) is 0 Å². The second-order valence-corrected chi connectivity index (χ2v) is 5.60. The van der Waals surface area contributed by atoms with Crippen molar-refractivity contribution < 1.29 is 0 Å². The van der Waals surface area contributed by atoms with Gasteiger partial charge in [-0.05, 0) is 44.1 Å². The minimum Gasteiger partial charge on any atom is -0.314 e. The first-order chi connectivity index (χ1) is 6.64. The molecule has 0 atom stereocenters. The summed E-state index contributed by atoms with van der Waals surface area (Å²) in [7, 11) is 0. The Hall–Kier alpha value is -0.0400. The van der Waals surface area contributed by atoms with Crippen LogP contribution >= 0.6 is 0 Å². The summed E-state index contributed by atoms with van der Waals surface area (Å²) in [6.07, 6.45) is 9.65. The van der Waals surface area contributed by atoms with Crippen molar-refractivity contribution in [1.29, 1.82) is 0 Å². The van der Waals surface area contributed by atoms with E-state index in [2.05, 4.69) is 26.1 Å². The third-order valence-electron chi connectivity index (χ3n) is 3.55. The third-order valence-corrected chi connectivity index (χ3v) is 3.55. The molecule has 1 aliphatic carbocycles. The molecule has 1 saturated carbocycles. The van der Waals surface area contributed by atoms with Crippen molar-refractivity contribution in [3.63, 3.8) is 0 Å². The van der Waals surface area contributed by atoms with Crippen molar-refractivity contribution >= 4 is 0 Å². The zero-order valence-corrected chi connectivity index (χ0v) is 10.2. The van der Waals surface area contributed by atoms with Crippen LogP contribution < -0.4 is 5.32 Å². The average Bonchev–Trinajstić information content (AvgIpc) is 2.15. The molecule has 84 valence electrons. The maximum absolute atomic E-state index is 3.69. The van der Waals surface area contributed by atoms with E-state index < -0.39 is 0 Å². The highest BCUT2D eigenvalue weighted by atomic mass is 14.9. The average molecular weight is 197 g/mol. The Morgan fingerprint density at radius 1 is 1.14 bits per heavy atom. The second kappa shape index (κ2) is 5.75. The number of hydrogen-bond acceptors (Lipinski definition) is 1. The number of rotatable bonds is 5. The minimum absolute atomic E-state index is 0.613. The van der Waals surface area contributed by atoms with Gasteiger partial charge in [0, 0.05) is 6.04 Å². The maximum atomic E-state index is 3.69. The molecule has 0 aromatic rings. The van der Waals surface area contributed by atoms with E-state index in [4.69, 9.17) is 0 Å². The van der Waals surface area contributed by atoms with E-state index in [1.54, 1.807) is 0 Å².